The molecular weight excluding hydrogens is 306 g/mol. The zero-order valence-corrected chi connectivity index (χ0v) is 11.8. The maximum atomic E-state index is 13.7. The van der Waals surface area contributed by atoms with Crippen LogP contribution in [0.4, 0.5) is 13.6 Å². The molecule has 0 saturated carbocycles. The number of halogens is 2. The van der Waals surface area contributed by atoms with E-state index in [0.29, 0.717) is 11.6 Å². The fourth-order valence-corrected chi connectivity index (χ4v) is 2.26. The highest BCUT2D eigenvalue weighted by molar-refractivity contribution is 5.95. The van der Waals surface area contributed by atoms with Gasteiger partial charge in [0.05, 0.1) is 6.54 Å². The molecule has 0 radical (unpaired) electrons. The second-order valence-corrected chi connectivity index (χ2v) is 4.96. The van der Waals surface area contributed by atoms with Crippen molar-refractivity contribution in [3.63, 3.8) is 0 Å². The number of nitrogens with one attached hydrogen (secondary N) is 1. The Labute approximate surface area is 130 Å². The third-order valence-electron chi connectivity index (χ3n) is 3.39. The molecule has 0 aliphatic carbocycles. The fraction of sp³-hybridized carbons (Fsp3) is 0.125. The van der Waals surface area contributed by atoms with Gasteiger partial charge in [-0.2, -0.15) is 0 Å². The summed E-state index contributed by atoms with van der Waals surface area (Å²) in [6, 6.07) is 11.3. The first-order valence-corrected chi connectivity index (χ1v) is 6.84. The molecule has 23 heavy (non-hydrogen) atoms. The fourth-order valence-electron chi connectivity index (χ4n) is 2.26. The van der Waals surface area contributed by atoms with Crippen molar-refractivity contribution < 1.29 is 23.1 Å². The Morgan fingerprint density at radius 2 is 1.91 bits per heavy atom. The lowest BCUT2D eigenvalue weighted by Crippen LogP contribution is -2.42. The Hall–Kier alpha value is -2.96. The molecule has 7 heteroatoms. The van der Waals surface area contributed by atoms with E-state index in [-0.39, 0.29) is 12.1 Å². The van der Waals surface area contributed by atoms with E-state index >= 15 is 0 Å². The second kappa shape index (κ2) is 6.04. The van der Waals surface area contributed by atoms with Crippen LogP contribution in [0.5, 0.6) is 0 Å². The van der Waals surface area contributed by atoms with Crippen LogP contribution in [-0.4, -0.2) is 23.6 Å². The Bertz CT molecular complexity index is 752. The van der Waals surface area contributed by atoms with E-state index in [1.54, 1.807) is 30.3 Å². The van der Waals surface area contributed by atoms with E-state index in [4.69, 9.17) is 4.74 Å². The maximum absolute atomic E-state index is 13.7. The Morgan fingerprint density at radius 3 is 2.61 bits per heavy atom. The van der Waals surface area contributed by atoms with Gasteiger partial charge in [0, 0.05) is 17.2 Å². The van der Waals surface area contributed by atoms with Gasteiger partial charge in [-0.15, -0.1) is 0 Å². The minimum absolute atomic E-state index is 0.0520. The number of amides is 2. The Kier molecular flexibility index (Phi) is 3.92. The predicted octanol–water partition coefficient (Wildman–Crippen LogP) is 2.80. The highest BCUT2D eigenvalue weighted by atomic mass is 19.1. The Morgan fingerprint density at radius 1 is 1.17 bits per heavy atom. The van der Waals surface area contributed by atoms with Crippen molar-refractivity contribution in [3.05, 3.63) is 71.3 Å². The van der Waals surface area contributed by atoms with Crippen LogP contribution in [-0.2, 0) is 4.74 Å². The van der Waals surface area contributed by atoms with E-state index in [1.165, 1.54) is 6.07 Å². The molecule has 5 nitrogen and oxygen atoms in total. The van der Waals surface area contributed by atoms with Gasteiger partial charge in [-0.25, -0.2) is 18.6 Å². The number of hydrogen-bond donors (Lipinski definition) is 1. The van der Waals surface area contributed by atoms with Crippen LogP contribution in [0.2, 0.25) is 0 Å². The third kappa shape index (κ3) is 3.13. The zero-order chi connectivity index (χ0) is 16.4. The van der Waals surface area contributed by atoms with E-state index < -0.39 is 29.7 Å². The minimum atomic E-state index is -0.917. The second-order valence-electron chi connectivity index (χ2n) is 4.96. The van der Waals surface area contributed by atoms with Crippen molar-refractivity contribution in [3.8, 4) is 0 Å². The maximum Gasteiger partial charge on any atom is 0.429 e. The highest BCUT2D eigenvalue weighted by Crippen LogP contribution is 2.27. The first-order valence-electron chi connectivity index (χ1n) is 6.84. The molecule has 1 atom stereocenters. The summed E-state index contributed by atoms with van der Waals surface area (Å²) in [4.78, 5) is 23.8. The number of cyclic esters (lactones) is 1. The van der Waals surface area contributed by atoms with Crippen LogP contribution in [0, 0.1) is 11.6 Å². The molecule has 1 N–H and O–H groups in total. The summed E-state index contributed by atoms with van der Waals surface area (Å²) in [5, 5.41) is 0.961. The predicted molar refractivity (Wildman–Crippen MR) is 76.2 cm³/mol. The monoisotopic (exact) mass is 318 g/mol. The van der Waals surface area contributed by atoms with E-state index in [0.717, 1.165) is 11.1 Å². The van der Waals surface area contributed by atoms with Crippen LogP contribution in [0.3, 0.4) is 0 Å². The largest absolute Gasteiger partial charge is 0.438 e. The van der Waals surface area contributed by atoms with Gasteiger partial charge in [0.1, 0.15) is 11.6 Å². The number of hydrogen-bond acceptors (Lipinski definition) is 3. The van der Waals surface area contributed by atoms with Gasteiger partial charge in [0.25, 0.3) is 5.91 Å². The Balaban J connectivity index is 1.71. The molecule has 3 rings (SSSR count). The number of ether oxygens (including phenoxy) is 1. The molecule has 1 aliphatic rings. The quantitative estimate of drug-likeness (QED) is 0.947. The SMILES string of the molecule is O=C(NN1CC(c2ccc(F)cc2F)OC1=O)c1ccccc1. The van der Waals surface area contributed by atoms with Gasteiger partial charge < -0.3 is 4.74 Å². The normalized spacial score (nSPS) is 17.0. The summed E-state index contributed by atoms with van der Waals surface area (Å²) < 4.78 is 31.7. The van der Waals surface area contributed by atoms with Gasteiger partial charge in [-0.05, 0) is 24.3 Å². The molecule has 0 spiro atoms. The molecule has 1 heterocycles. The van der Waals surface area contributed by atoms with Gasteiger partial charge in [0.15, 0.2) is 6.10 Å². The van der Waals surface area contributed by atoms with Crippen molar-refractivity contribution in [1.29, 1.82) is 0 Å². The lowest BCUT2D eigenvalue weighted by Gasteiger charge is -2.14. The van der Waals surface area contributed by atoms with Crippen LogP contribution >= 0.6 is 0 Å². The summed E-state index contributed by atoms with van der Waals surface area (Å²) in [5.41, 5.74) is 2.82. The molecule has 0 bridgehead atoms. The number of benzene rings is 2. The van der Waals surface area contributed by atoms with Crippen LogP contribution < -0.4 is 5.43 Å². The number of nitrogens with zero attached hydrogens (tertiary/aromatic N) is 1. The van der Waals surface area contributed by atoms with Gasteiger partial charge >= 0.3 is 6.09 Å². The standard InChI is InChI=1S/C16H12F2N2O3/c17-11-6-7-12(13(18)8-11)14-9-20(16(22)23-14)19-15(21)10-4-2-1-3-5-10/h1-8,14H,9H2,(H,19,21). The third-order valence-corrected chi connectivity index (χ3v) is 3.39. The minimum Gasteiger partial charge on any atom is -0.438 e. The molecular formula is C16H12F2N2O3. The molecule has 1 aliphatic heterocycles. The topological polar surface area (TPSA) is 58.6 Å². The van der Waals surface area contributed by atoms with Crippen molar-refractivity contribution in [2.75, 3.05) is 6.54 Å². The van der Waals surface area contributed by atoms with Crippen molar-refractivity contribution in [2.24, 2.45) is 0 Å². The van der Waals surface area contributed by atoms with Crippen molar-refractivity contribution in [2.45, 2.75) is 6.10 Å². The average molecular weight is 318 g/mol. The first-order chi connectivity index (χ1) is 11.0. The average Bonchev–Trinajstić information content (AvgIpc) is 2.88. The molecule has 0 aromatic heterocycles. The van der Waals surface area contributed by atoms with Crippen LogP contribution in [0.15, 0.2) is 48.5 Å². The van der Waals surface area contributed by atoms with Crippen molar-refractivity contribution in [1.82, 2.24) is 10.4 Å². The van der Waals surface area contributed by atoms with Crippen LogP contribution in [0.25, 0.3) is 0 Å². The smallest absolute Gasteiger partial charge is 0.429 e. The number of rotatable bonds is 3. The lowest BCUT2D eigenvalue weighted by atomic mass is 10.1. The van der Waals surface area contributed by atoms with E-state index in [1.807, 2.05) is 0 Å². The van der Waals surface area contributed by atoms with Crippen molar-refractivity contribution >= 4 is 12.0 Å². The summed E-state index contributed by atoms with van der Waals surface area (Å²) >= 11 is 0. The molecule has 2 aromatic rings. The molecule has 2 amide bonds. The number of carbonyl (C=O) groups excluding carboxylic acids is 2. The molecule has 1 fully saturated rings. The van der Waals surface area contributed by atoms with Crippen LogP contribution in [0.1, 0.15) is 22.0 Å². The first kappa shape index (κ1) is 15.0. The number of hydrazine groups is 1. The summed E-state index contributed by atoms with van der Waals surface area (Å²) in [6.45, 7) is -0.0695. The summed E-state index contributed by atoms with van der Waals surface area (Å²) in [6.07, 6.45) is -1.72. The molecule has 1 unspecified atom stereocenters. The summed E-state index contributed by atoms with van der Waals surface area (Å²) in [7, 11) is 0. The molecule has 1 saturated heterocycles. The molecule has 118 valence electrons. The lowest BCUT2D eigenvalue weighted by molar-refractivity contribution is 0.0829. The zero-order valence-electron chi connectivity index (χ0n) is 11.8. The summed E-state index contributed by atoms with van der Waals surface area (Å²) in [5.74, 6) is -2.01. The number of carbonyl (C=O) groups is 2. The van der Waals surface area contributed by atoms with E-state index in [9.17, 15) is 18.4 Å². The van der Waals surface area contributed by atoms with Gasteiger partial charge in [-0.1, -0.05) is 18.2 Å². The highest BCUT2D eigenvalue weighted by Gasteiger charge is 2.35. The molecule has 2 aromatic carbocycles. The van der Waals surface area contributed by atoms with E-state index in [2.05, 4.69) is 5.43 Å². The van der Waals surface area contributed by atoms with Gasteiger partial charge in [-0.3, -0.25) is 10.2 Å². The van der Waals surface area contributed by atoms with Gasteiger partial charge in [0.2, 0.25) is 0 Å².